The van der Waals surface area contributed by atoms with E-state index in [1.165, 1.54) is 5.56 Å². The first-order valence-corrected chi connectivity index (χ1v) is 6.32. The topological polar surface area (TPSA) is 68.4 Å². The lowest BCUT2D eigenvalue weighted by Gasteiger charge is -2.06. The molecule has 0 aliphatic heterocycles. The largest absolute Gasteiger partial charge is 0.484 e. The molecular weight excluding hydrogens is 244 g/mol. The molecule has 0 aliphatic carbocycles. The molecule has 0 fully saturated rings. The number of aromatic nitrogens is 2. The van der Waals surface area contributed by atoms with Gasteiger partial charge in [-0.3, -0.25) is 0 Å². The number of benzene rings is 1. The van der Waals surface area contributed by atoms with Gasteiger partial charge in [-0.25, -0.2) is 0 Å². The molecule has 1 unspecified atom stereocenters. The van der Waals surface area contributed by atoms with E-state index >= 15 is 0 Å². The molecule has 19 heavy (non-hydrogen) atoms. The van der Waals surface area contributed by atoms with Crippen LogP contribution in [0.2, 0.25) is 0 Å². The highest BCUT2D eigenvalue weighted by atomic mass is 16.5. The molecule has 0 radical (unpaired) electrons. The first-order chi connectivity index (χ1) is 9.13. The van der Waals surface area contributed by atoms with Gasteiger partial charge in [0.15, 0.2) is 12.4 Å². The minimum Gasteiger partial charge on any atom is -0.484 e. The molecule has 2 aromatic rings. The maximum absolute atomic E-state index is 9.23. The molecule has 1 atom stereocenters. The Kier molecular flexibility index (Phi) is 4.52. The number of ether oxygens (including phenoxy) is 1. The van der Waals surface area contributed by atoms with Crippen molar-refractivity contribution in [1.82, 2.24) is 10.1 Å². The summed E-state index contributed by atoms with van der Waals surface area (Å²) in [6, 6.07) is 7.80. The van der Waals surface area contributed by atoms with Crippen molar-refractivity contribution in [2.24, 2.45) is 0 Å². The summed E-state index contributed by atoms with van der Waals surface area (Å²) in [7, 11) is 0. The monoisotopic (exact) mass is 262 g/mol. The zero-order valence-corrected chi connectivity index (χ0v) is 11.2. The van der Waals surface area contributed by atoms with Crippen LogP contribution >= 0.6 is 0 Å². The van der Waals surface area contributed by atoms with Crippen molar-refractivity contribution in [2.75, 3.05) is 0 Å². The van der Waals surface area contributed by atoms with E-state index in [0.717, 1.165) is 18.6 Å². The van der Waals surface area contributed by atoms with Crippen molar-refractivity contribution in [3.8, 4) is 5.75 Å². The summed E-state index contributed by atoms with van der Waals surface area (Å²) in [5.74, 6) is 1.83. The lowest BCUT2D eigenvalue weighted by molar-refractivity contribution is 0.185. The third kappa shape index (κ3) is 4.37. The van der Waals surface area contributed by atoms with Crippen molar-refractivity contribution >= 4 is 0 Å². The molecule has 1 aromatic carbocycles. The maximum Gasteiger partial charge on any atom is 0.264 e. The number of hydrogen-bond donors (Lipinski definition) is 1. The smallest absolute Gasteiger partial charge is 0.264 e. The Labute approximate surface area is 112 Å². The second-order valence-corrected chi connectivity index (χ2v) is 4.56. The fourth-order valence-corrected chi connectivity index (χ4v) is 1.67. The van der Waals surface area contributed by atoms with E-state index < -0.39 is 0 Å². The van der Waals surface area contributed by atoms with Crippen LogP contribution in [0.5, 0.6) is 5.75 Å². The number of aliphatic hydroxyl groups excluding tert-OH is 1. The van der Waals surface area contributed by atoms with Crippen molar-refractivity contribution in [1.29, 1.82) is 0 Å². The number of aliphatic hydroxyl groups is 1. The highest BCUT2D eigenvalue weighted by Crippen LogP contribution is 2.15. The van der Waals surface area contributed by atoms with Gasteiger partial charge in [0.05, 0.1) is 6.10 Å². The van der Waals surface area contributed by atoms with Gasteiger partial charge >= 0.3 is 0 Å². The zero-order valence-electron chi connectivity index (χ0n) is 11.2. The molecule has 1 N–H and O–H groups in total. The molecule has 0 spiro atoms. The molecule has 0 saturated carbocycles. The highest BCUT2D eigenvalue weighted by molar-refractivity contribution is 5.27. The van der Waals surface area contributed by atoms with Crippen LogP contribution in [0, 0.1) is 6.92 Å². The summed E-state index contributed by atoms with van der Waals surface area (Å²) in [6.45, 7) is 3.83. The average Bonchev–Trinajstić information content (AvgIpc) is 2.81. The third-order valence-electron chi connectivity index (χ3n) is 2.71. The van der Waals surface area contributed by atoms with Crippen molar-refractivity contribution in [3.05, 3.63) is 41.5 Å². The molecule has 1 heterocycles. The minimum absolute atomic E-state index is 0.267. The minimum atomic E-state index is -0.267. The van der Waals surface area contributed by atoms with Crippen LogP contribution in [-0.2, 0) is 13.0 Å². The quantitative estimate of drug-likeness (QED) is 0.864. The lowest BCUT2D eigenvalue weighted by Crippen LogP contribution is -2.01. The summed E-state index contributed by atoms with van der Waals surface area (Å²) in [6.07, 6.45) is 1.36. The molecule has 2 rings (SSSR count). The summed E-state index contributed by atoms with van der Waals surface area (Å²) < 4.78 is 10.5. The summed E-state index contributed by atoms with van der Waals surface area (Å²) >= 11 is 0. The van der Waals surface area contributed by atoms with E-state index in [1.54, 1.807) is 13.8 Å². The van der Waals surface area contributed by atoms with E-state index in [2.05, 4.69) is 10.1 Å². The van der Waals surface area contributed by atoms with E-state index in [9.17, 15) is 5.11 Å². The van der Waals surface area contributed by atoms with Gasteiger partial charge in [-0.1, -0.05) is 17.3 Å². The van der Waals surface area contributed by atoms with E-state index in [1.807, 2.05) is 24.3 Å². The molecule has 5 nitrogen and oxygen atoms in total. The Morgan fingerprint density at radius 3 is 2.63 bits per heavy atom. The number of rotatable bonds is 6. The van der Waals surface area contributed by atoms with Gasteiger partial charge in [-0.15, -0.1) is 0 Å². The first kappa shape index (κ1) is 13.5. The van der Waals surface area contributed by atoms with Crippen molar-refractivity contribution in [2.45, 2.75) is 39.4 Å². The maximum atomic E-state index is 9.23. The SMILES string of the molecule is Cc1noc(COc2ccc(CCC(C)O)cc2)n1. The van der Waals surface area contributed by atoms with Gasteiger partial charge in [-0.05, 0) is 44.4 Å². The summed E-state index contributed by atoms with van der Waals surface area (Å²) in [5, 5.41) is 12.9. The number of aryl methyl sites for hydroxylation is 2. The third-order valence-corrected chi connectivity index (χ3v) is 2.71. The molecule has 0 aliphatic rings. The van der Waals surface area contributed by atoms with Crippen LogP contribution in [0.1, 0.15) is 30.6 Å². The molecule has 0 amide bonds. The van der Waals surface area contributed by atoms with Crippen LogP contribution in [0.4, 0.5) is 0 Å². The zero-order chi connectivity index (χ0) is 13.7. The van der Waals surface area contributed by atoms with Crippen molar-refractivity contribution in [3.63, 3.8) is 0 Å². The molecule has 5 heteroatoms. The van der Waals surface area contributed by atoms with Crippen LogP contribution in [0.3, 0.4) is 0 Å². The van der Waals surface area contributed by atoms with Gasteiger partial charge in [0.25, 0.3) is 5.89 Å². The number of nitrogens with zero attached hydrogens (tertiary/aromatic N) is 2. The summed E-state index contributed by atoms with van der Waals surface area (Å²) in [5.41, 5.74) is 1.18. The van der Waals surface area contributed by atoms with Gasteiger partial charge in [0.1, 0.15) is 5.75 Å². The van der Waals surface area contributed by atoms with Crippen LogP contribution in [-0.4, -0.2) is 21.4 Å². The highest BCUT2D eigenvalue weighted by Gasteiger charge is 2.04. The molecule has 102 valence electrons. The normalized spacial score (nSPS) is 12.4. The molecule has 0 saturated heterocycles. The van der Waals surface area contributed by atoms with Gasteiger partial charge in [-0.2, -0.15) is 4.98 Å². The Morgan fingerprint density at radius 2 is 2.05 bits per heavy atom. The Morgan fingerprint density at radius 1 is 1.32 bits per heavy atom. The second-order valence-electron chi connectivity index (χ2n) is 4.56. The van der Waals surface area contributed by atoms with Crippen LogP contribution in [0.25, 0.3) is 0 Å². The standard InChI is InChI=1S/C14H18N2O3/c1-10(17)3-4-12-5-7-13(8-6-12)18-9-14-15-11(2)16-19-14/h5-8,10,17H,3-4,9H2,1-2H3. The Balaban J connectivity index is 1.84. The molecular formula is C14H18N2O3. The van der Waals surface area contributed by atoms with Gasteiger partial charge < -0.3 is 14.4 Å². The lowest BCUT2D eigenvalue weighted by atomic mass is 10.1. The fraction of sp³-hybridized carbons (Fsp3) is 0.429. The van der Waals surface area contributed by atoms with Crippen LogP contribution in [0.15, 0.2) is 28.8 Å². The first-order valence-electron chi connectivity index (χ1n) is 6.32. The predicted octanol–water partition coefficient (Wildman–Crippen LogP) is 2.27. The van der Waals surface area contributed by atoms with Gasteiger partial charge in [0.2, 0.25) is 0 Å². The second kappa shape index (κ2) is 6.33. The summed E-state index contributed by atoms with van der Waals surface area (Å²) in [4.78, 5) is 4.06. The Bertz CT molecular complexity index is 506. The average molecular weight is 262 g/mol. The molecule has 0 bridgehead atoms. The van der Waals surface area contributed by atoms with E-state index in [-0.39, 0.29) is 12.7 Å². The number of hydrogen-bond acceptors (Lipinski definition) is 5. The predicted molar refractivity (Wildman–Crippen MR) is 69.8 cm³/mol. The Hall–Kier alpha value is -1.88. The molecule has 1 aromatic heterocycles. The fourth-order valence-electron chi connectivity index (χ4n) is 1.67. The van der Waals surface area contributed by atoms with Crippen molar-refractivity contribution < 1.29 is 14.4 Å². The van der Waals surface area contributed by atoms with Gasteiger partial charge in [0, 0.05) is 0 Å². The van der Waals surface area contributed by atoms with Crippen LogP contribution < -0.4 is 4.74 Å². The van der Waals surface area contributed by atoms with E-state index in [4.69, 9.17) is 9.26 Å². The van der Waals surface area contributed by atoms with E-state index in [0.29, 0.717) is 11.7 Å².